The molecule has 0 radical (unpaired) electrons. The third kappa shape index (κ3) is 1.57. The molecule has 78 valence electrons. The predicted molar refractivity (Wildman–Crippen MR) is 59.0 cm³/mol. The van der Waals surface area contributed by atoms with Crippen LogP contribution in [0.3, 0.4) is 0 Å². The minimum atomic E-state index is 0.517. The molecule has 2 heterocycles. The van der Waals surface area contributed by atoms with Crippen molar-refractivity contribution in [2.75, 3.05) is 19.0 Å². The van der Waals surface area contributed by atoms with Crippen molar-refractivity contribution >= 4 is 11.8 Å². The van der Waals surface area contributed by atoms with Gasteiger partial charge in [0.25, 0.3) is 0 Å². The molecule has 0 spiro atoms. The Balaban J connectivity index is 1.63. The normalized spacial score (nSPS) is 31.7. The first-order chi connectivity index (χ1) is 6.93. The van der Waals surface area contributed by atoms with Gasteiger partial charge in [-0.05, 0) is 32.1 Å². The van der Waals surface area contributed by atoms with Crippen LogP contribution in [0.5, 0.6) is 0 Å². The maximum Gasteiger partial charge on any atom is 0.0750 e. The van der Waals surface area contributed by atoms with E-state index in [1.54, 1.807) is 10.6 Å². The Morgan fingerprint density at radius 1 is 1.36 bits per heavy atom. The molecule has 1 unspecified atom stereocenters. The van der Waals surface area contributed by atoms with E-state index in [1.165, 1.54) is 38.0 Å². The molecule has 1 saturated heterocycles. The maximum atomic E-state index is 5.69. The summed E-state index contributed by atoms with van der Waals surface area (Å²) in [6.07, 6.45) is 7.07. The molecule has 1 fully saturated rings. The standard InChI is InChI=1S/C11H17NOS/c1-4-10-11(5-1)14-8-12(10)7-9-3-2-6-13-9/h9H,1-8H2. The van der Waals surface area contributed by atoms with Crippen LogP contribution in [0.1, 0.15) is 32.1 Å². The van der Waals surface area contributed by atoms with Crippen LogP contribution >= 0.6 is 11.8 Å². The van der Waals surface area contributed by atoms with Crippen molar-refractivity contribution in [3.05, 3.63) is 10.6 Å². The first kappa shape index (κ1) is 9.10. The number of hydrogen-bond acceptors (Lipinski definition) is 3. The molecule has 14 heavy (non-hydrogen) atoms. The molecule has 0 aromatic rings. The van der Waals surface area contributed by atoms with E-state index >= 15 is 0 Å². The SMILES string of the molecule is C1CC2=C(C1)N(CC1CCCO1)CS2. The number of nitrogens with zero attached hydrogens (tertiary/aromatic N) is 1. The third-order valence-electron chi connectivity index (χ3n) is 3.36. The first-order valence-electron chi connectivity index (χ1n) is 5.65. The molecule has 0 bridgehead atoms. The summed E-state index contributed by atoms with van der Waals surface area (Å²) in [5, 5.41) is 0. The average molecular weight is 211 g/mol. The predicted octanol–water partition coefficient (Wildman–Crippen LogP) is 2.57. The van der Waals surface area contributed by atoms with Crippen LogP contribution in [0.15, 0.2) is 10.6 Å². The van der Waals surface area contributed by atoms with Gasteiger partial charge < -0.3 is 9.64 Å². The van der Waals surface area contributed by atoms with Gasteiger partial charge in [-0.1, -0.05) is 0 Å². The van der Waals surface area contributed by atoms with E-state index in [0.717, 1.165) is 13.2 Å². The summed E-state index contributed by atoms with van der Waals surface area (Å²) in [4.78, 5) is 4.23. The number of thioether (sulfide) groups is 1. The van der Waals surface area contributed by atoms with Crippen molar-refractivity contribution in [1.82, 2.24) is 4.90 Å². The molecule has 3 rings (SSSR count). The minimum Gasteiger partial charge on any atom is -0.376 e. The molecule has 0 saturated carbocycles. The molecule has 2 nitrogen and oxygen atoms in total. The highest BCUT2D eigenvalue weighted by Crippen LogP contribution is 2.42. The van der Waals surface area contributed by atoms with E-state index in [1.807, 2.05) is 0 Å². The Hall–Kier alpha value is -0.150. The van der Waals surface area contributed by atoms with Crippen LogP contribution in [-0.4, -0.2) is 30.0 Å². The van der Waals surface area contributed by atoms with E-state index in [2.05, 4.69) is 16.7 Å². The van der Waals surface area contributed by atoms with Crippen molar-refractivity contribution in [3.8, 4) is 0 Å². The topological polar surface area (TPSA) is 12.5 Å². The van der Waals surface area contributed by atoms with Crippen LogP contribution in [0.4, 0.5) is 0 Å². The monoisotopic (exact) mass is 211 g/mol. The molecule has 0 amide bonds. The third-order valence-corrected chi connectivity index (χ3v) is 4.59. The zero-order valence-corrected chi connectivity index (χ0v) is 9.31. The Morgan fingerprint density at radius 2 is 2.36 bits per heavy atom. The van der Waals surface area contributed by atoms with Gasteiger partial charge in [0.2, 0.25) is 0 Å². The van der Waals surface area contributed by atoms with Gasteiger partial charge >= 0.3 is 0 Å². The smallest absolute Gasteiger partial charge is 0.0750 e. The van der Waals surface area contributed by atoms with Crippen molar-refractivity contribution in [3.63, 3.8) is 0 Å². The highest BCUT2D eigenvalue weighted by atomic mass is 32.2. The lowest BCUT2D eigenvalue weighted by atomic mass is 10.2. The largest absolute Gasteiger partial charge is 0.376 e. The summed E-state index contributed by atoms with van der Waals surface area (Å²) in [6.45, 7) is 2.13. The van der Waals surface area contributed by atoms with E-state index < -0.39 is 0 Å². The highest BCUT2D eigenvalue weighted by molar-refractivity contribution is 8.03. The summed E-state index contributed by atoms with van der Waals surface area (Å²) in [5.74, 6) is 1.19. The molecule has 1 atom stereocenters. The van der Waals surface area contributed by atoms with Gasteiger partial charge in [-0.15, -0.1) is 11.8 Å². The van der Waals surface area contributed by atoms with Gasteiger partial charge in [0.05, 0.1) is 12.0 Å². The summed E-state index contributed by atoms with van der Waals surface area (Å²) < 4.78 is 5.69. The van der Waals surface area contributed by atoms with Crippen LogP contribution in [0.2, 0.25) is 0 Å². The molecule has 3 aliphatic rings. The lowest BCUT2D eigenvalue weighted by molar-refractivity contribution is 0.0879. The summed E-state index contributed by atoms with van der Waals surface area (Å²) >= 11 is 2.05. The number of hydrogen-bond donors (Lipinski definition) is 0. The van der Waals surface area contributed by atoms with Gasteiger partial charge in [0, 0.05) is 23.8 Å². The van der Waals surface area contributed by atoms with Crippen molar-refractivity contribution in [2.24, 2.45) is 0 Å². The van der Waals surface area contributed by atoms with Crippen molar-refractivity contribution in [2.45, 2.75) is 38.2 Å². The molecule has 1 aliphatic carbocycles. The van der Waals surface area contributed by atoms with Gasteiger partial charge in [-0.2, -0.15) is 0 Å². The van der Waals surface area contributed by atoms with E-state index in [0.29, 0.717) is 6.10 Å². The Kier molecular flexibility index (Phi) is 2.46. The van der Waals surface area contributed by atoms with Crippen LogP contribution in [0, 0.1) is 0 Å². The molecule has 0 aromatic carbocycles. The van der Waals surface area contributed by atoms with Crippen molar-refractivity contribution in [1.29, 1.82) is 0 Å². The van der Waals surface area contributed by atoms with Gasteiger partial charge in [-0.25, -0.2) is 0 Å². The molecular weight excluding hydrogens is 194 g/mol. The van der Waals surface area contributed by atoms with E-state index in [-0.39, 0.29) is 0 Å². The summed E-state index contributed by atoms with van der Waals surface area (Å²) in [7, 11) is 0. The van der Waals surface area contributed by atoms with Crippen molar-refractivity contribution < 1.29 is 4.74 Å². The fourth-order valence-electron chi connectivity index (χ4n) is 2.62. The zero-order chi connectivity index (χ0) is 9.38. The molecule has 2 aliphatic heterocycles. The Labute approximate surface area is 89.7 Å². The summed E-state index contributed by atoms with van der Waals surface area (Å²) in [5.41, 5.74) is 1.64. The number of rotatable bonds is 2. The van der Waals surface area contributed by atoms with Gasteiger partial charge in [0.1, 0.15) is 0 Å². The maximum absolute atomic E-state index is 5.69. The van der Waals surface area contributed by atoms with Crippen LogP contribution < -0.4 is 0 Å². The van der Waals surface area contributed by atoms with Gasteiger partial charge in [0.15, 0.2) is 0 Å². The number of allylic oxidation sites excluding steroid dienone is 2. The van der Waals surface area contributed by atoms with Crippen LogP contribution in [-0.2, 0) is 4.74 Å². The lowest BCUT2D eigenvalue weighted by Gasteiger charge is -2.23. The van der Waals surface area contributed by atoms with Crippen LogP contribution in [0.25, 0.3) is 0 Å². The fraction of sp³-hybridized carbons (Fsp3) is 0.818. The molecule has 0 aromatic heterocycles. The van der Waals surface area contributed by atoms with Gasteiger partial charge in [-0.3, -0.25) is 0 Å². The van der Waals surface area contributed by atoms with E-state index in [4.69, 9.17) is 4.74 Å². The Bertz CT molecular complexity index is 258. The zero-order valence-electron chi connectivity index (χ0n) is 8.50. The average Bonchev–Trinajstić information content (AvgIpc) is 2.85. The molecular formula is C11H17NOS. The highest BCUT2D eigenvalue weighted by Gasteiger charge is 2.29. The second-order valence-corrected chi connectivity index (χ2v) is 5.39. The lowest BCUT2D eigenvalue weighted by Crippen LogP contribution is -2.29. The molecule has 3 heteroatoms. The fourth-order valence-corrected chi connectivity index (χ4v) is 3.88. The van der Waals surface area contributed by atoms with E-state index in [9.17, 15) is 0 Å². The number of ether oxygens (including phenoxy) is 1. The minimum absolute atomic E-state index is 0.517. The second kappa shape index (κ2) is 3.78. The molecule has 0 N–H and O–H groups in total. The summed E-state index contributed by atoms with van der Waals surface area (Å²) in [6, 6.07) is 0. The Morgan fingerprint density at radius 3 is 3.21 bits per heavy atom. The quantitative estimate of drug-likeness (QED) is 0.696. The first-order valence-corrected chi connectivity index (χ1v) is 6.63. The second-order valence-electron chi connectivity index (χ2n) is 4.35.